The van der Waals surface area contributed by atoms with Crippen LogP contribution < -0.4 is 14.9 Å². The quantitative estimate of drug-likeness (QED) is 0.376. The lowest BCUT2D eigenvalue weighted by atomic mass is 10.1. The summed E-state index contributed by atoms with van der Waals surface area (Å²) in [5, 5.41) is 13.0. The Morgan fingerprint density at radius 3 is 2.50 bits per heavy atom. The molecule has 4 rings (SSSR count). The number of benzene rings is 2. The van der Waals surface area contributed by atoms with E-state index >= 15 is 0 Å². The molecule has 0 saturated carbocycles. The van der Waals surface area contributed by atoms with Crippen molar-refractivity contribution in [2.24, 2.45) is 0 Å². The molecule has 1 saturated heterocycles. The number of aryl methyl sites for hydroxylation is 1. The molecule has 1 amide bonds. The summed E-state index contributed by atoms with van der Waals surface area (Å²) in [5.74, 6) is -1.38. The first kappa shape index (κ1) is 27.3. The van der Waals surface area contributed by atoms with Crippen LogP contribution in [0.4, 0.5) is 15.9 Å². The van der Waals surface area contributed by atoms with Crippen LogP contribution in [0.2, 0.25) is 0 Å². The third-order valence-electron chi connectivity index (χ3n) is 6.35. The molecule has 0 aliphatic carbocycles. The fourth-order valence-electron chi connectivity index (χ4n) is 4.35. The normalized spacial score (nSPS) is 14.4. The number of hydrogen-bond acceptors (Lipinski definition) is 7. The van der Waals surface area contributed by atoms with Gasteiger partial charge < -0.3 is 15.3 Å². The number of nitrogens with one attached hydrogen (secondary N) is 2. The van der Waals surface area contributed by atoms with Crippen LogP contribution in [-0.4, -0.2) is 74.6 Å². The third-order valence-corrected chi connectivity index (χ3v) is 7.88. The molecule has 1 aromatic heterocycles. The SMILES string of the molecule is CCCNC(=O)CN1CCN(c2cc(C(=O)O)c3cc(NS(=O)(=O)c4cc(F)ccc4C)ccc3n2)CC1. The highest BCUT2D eigenvalue weighted by Crippen LogP contribution is 2.28. The average Bonchev–Trinajstić information content (AvgIpc) is 2.88. The van der Waals surface area contributed by atoms with Crippen LogP contribution >= 0.6 is 0 Å². The summed E-state index contributed by atoms with van der Waals surface area (Å²) < 4.78 is 41.9. The maximum atomic E-state index is 13.7. The number of hydrogen-bond donors (Lipinski definition) is 3. The van der Waals surface area contributed by atoms with Crippen molar-refractivity contribution in [3.05, 3.63) is 59.4 Å². The molecule has 3 aromatic rings. The number of pyridine rings is 1. The predicted octanol–water partition coefficient (Wildman–Crippen LogP) is 2.83. The number of fused-ring (bicyclic) bond motifs is 1. The lowest BCUT2D eigenvalue weighted by Crippen LogP contribution is -2.49. The third kappa shape index (κ3) is 6.20. The zero-order valence-electron chi connectivity index (χ0n) is 21.2. The minimum atomic E-state index is -4.11. The van der Waals surface area contributed by atoms with Gasteiger partial charge in [-0.25, -0.2) is 22.6 Å². The van der Waals surface area contributed by atoms with E-state index in [1.54, 1.807) is 13.0 Å². The number of rotatable bonds is 9. The van der Waals surface area contributed by atoms with Crippen molar-refractivity contribution in [1.82, 2.24) is 15.2 Å². The van der Waals surface area contributed by atoms with Crippen LogP contribution in [0, 0.1) is 12.7 Å². The number of nitrogens with zero attached hydrogens (tertiary/aromatic N) is 3. The van der Waals surface area contributed by atoms with Gasteiger partial charge in [0.2, 0.25) is 5.91 Å². The molecule has 10 nitrogen and oxygen atoms in total. The van der Waals surface area contributed by atoms with Crippen molar-refractivity contribution < 1.29 is 27.5 Å². The Morgan fingerprint density at radius 2 is 1.82 bits per heavy atom. The number of amides is 1. The van der Waals surface area contributed by atoms with Gasteiger partial charge >= 0.3 is 5.97 Å². The molecule has 0 atom stereocenters. The van der Waals surface area contributed by atoms with Crippen LogP contribution in [0.3, 0.4) is 0 Å². The topological polar surface area (TPSA) is 132 Å². The van der Waals surface area contributed by atoms with Crippen LogP contribution in [0.1, 0.15) is 29.3 Å². The first-order valence-electron chi connectivity index (χ1n) is 12.3. The van der Waals surface area contributed by atoms with Gasteiger partial charge in [0.25, 0.3) is 10.0 Å². The molecule has 1 aliphatic heterocycles. The number of carbonyl (C=O) groups excluding carboxylic acids is 1. The molecular formula is C26H30FN5O5S. The van der Waals surface area contributed by atoms with E-state index in [2.05, 4.69) is 15.0 Å². The smallest absolute Gasteiger partial charge is 0.336 e. The standard InChI is InChI=1S/C26H30FN5O5S/c1-3-8-28-25(33)16-31-9-11-32(12-10-31)24-15-21(26(34)35)20-14-19(6-7-22(20)29-24)30-38(36,37)23-13-18(27)5-4-17(23)2/h4-7,13-15,30H,3,8-12,16H2,1-2H3,(H,28,33)(H,34,35). The van der Waals surface area contributed by atoms with E-state index in [1.165, 1.54) is 30.3 Å². The van der Waals surface area contributed by atoms with Gasteiger partial charge in [0.1, 0.15) is 11.6 Å². The summed E-state index contributed by atoms with van der Waals surface area (Å²) in [6, 6.07) is 9.42. The summed E-state index contributed by atoms with van der Waals surface area (Å²) in [4.78, 5) is 32.6. The summed E-state index contributed by atoms with van der Waals surface area (Å²) >= 11 is 0. The molecule has 1 aliphatic rings. The van der Waals surface area contributed by atoms with Crippen LogP contribution in [0.5, 0.6) is 0 Å². The van der Waals surface area contributed by atoms with E-state index in [0.29, 0.717) is 56.2 Å². The fraction of sp³-hybridized carbons (Fsp3) is 0.346. The van der Waals surface area contributed by atoms with Gasteiger partial charge in [0, 0.05) is 43.8 Å². The molecule has 0 spiro atoms. The first-order valence-corrected chi connectivity index (χ1v) is 13.8. The van der Waals surface area contributed by atoms with Crippen LogP contribution in [-0.2, 0) is 14.8 Å². The molecule has 3 N–H and O–H groups in total. The summed E-state index contributed by atoms with van der Waals surface area (Å²) in [6.45, 7) is 6.91. The Morgan fingerprint density at radius 1 is 1.08 bits per heavy atom. The molecule has 1 fully saturated rings. The average molecular weight is 544 g/mol. The lowest BCUT2D eigenvalue weighted by molar-refractivity contribution is -0.122. The second kappa shape index (κ2) is 11.3. The van der Waals surface area contributed by atoms with E-state index in [9.17, 15) is 27.5 Å². The second-order valence-corrected chi connectivity index (χ2v) is 10.8. The van der Waals surface area contributed by atoms with Gasteiger partial charge in [-0.2, -0.15) is 0 Å². The highest BCUT2D eigenvalue weighted by molar-refractivity contribution is 7.92. The van der Waals surface area contributed by atoms with Gasteiger partial charge in [0.05, 0.1) is 22.5 Å². The van der Waals surface area contributed by atoms with Crippen molar-refractivity contribution in [2.75, 3.05) is 48.9 Å². The van der Waals surface area contributed by atoms with Crippen molar-refractivity contribution in [1.29, 1.82) is 0 Å². The van der Waals surface area contributed by atoms with Gasteiger partial charge in [-0.05, 0) is 55.3 Å². The molecule has 38 heavy (non-hydrogen) atoms. The van der Waals surface area contributed by atoms with Crippen LogP contribution in [0.15, 0.2) is 47.4 Å². The van der Waals surface area contributed by atoms with Gasteiger partial charge in [-0.1, -0.05) is 13.0 Å². The molecular weight excluding hydrogens is 513 g/mol. The van der Waals surface area contributed by atoms with E-state index in [-0.39, 0.29) is 27.4 Å². The minimum Gasteiger partial charge on any atom is -0.478 e. The molecule has 0 bridgehead atoms. The fourth-order valence-corrected chi connectivity index (χ4v) is 5.65. The van der Waals surface area contributed by atoms with Gasteiger partial charge in [0.15, 0.2) is 0 Å². The summed E-state index contributed by atoms with van der Waals surface area (Å²) in [6.07, 6.45) is 0.874. The molecule has 2 aromatic carbocycles. The first-order chi connectivity index (χ1) is 18.1. The number of aromatic carboxylic acids is 1. The highest BCUT2D eigenvalue weighted by atomic mass is 32.2. The molecule has 202 valence electrons. The Balaban J connectivity index is 1.55. The highest BCUT2D eigenvalue weighted by Gasteiger charge is 2.23. The number of piperazine rings is 1. The summed E-state index contributed by atoms with van der Waals surface area (Å²) in [5.41, 5.74) is 0.882. The Bertz CT molecular complexity index is 1470. The zero-order valence-corrected chi connectivity index (χ0v) is 22.0. The van der Waals surface area contributed by atoms with E-state index in [4.69, 9.17) is 0 Å². The van der Waals surface area contributed by atoms with E-state index < -0.39 is 21.8 Å². The van der Waals surface area contributed by atoms with Crippen LogP contribution in [0.25, 0.3) is 10.9 Å². The maximum Gasteiger partial charge on any atom is 0.336 e. The van der Waals surface area contributed by atoms with Gasteiger partial charge in [-0.15, -0.1) is 0 Å². The Kier molecular flexibility index (Phi) is 8.12. The Labute approximate surface area is 220 Å². The van der Waals surface area contributed by atoms with Crippen molar-refractivity contribution >= 4 is 44.3 Å². The number of halogens is 1. The monoisotopic (exact) mass is 543 g/mol. The maximum absolute atomic E-state index is 13.7. The largest absolute Gasteiger partial charge is 0.478 e. The molecule has 2 heterocycles. The predicted molar refractivity (Wildman–Crippen MR) is 143 cm³/mol. The van der Waals surface area contributed by atoms with Crippen molar-refractivity contribution in [3.8, 4) is 0 Å². The number of sulfonamides is 1. The van der Waals surface area contributed by atoms with Crippen molar-refractivity contribution in [2.45, 2.75) is 25.2 Å². The number of carboxylic acid groups (broad SMARTS) is 1. The number of carboxylic acids is 1. The zero-order chi connectivity index (χ0) is 27.4. The molecule has 12 heteroatoms. The Hall–Kier alpha value is -3.77. The van der Waals surface area contributed by atoms with E-state index in [0.717, 1.165) is 12.5 Å². The lowest BCUT2D eigenvalue weighted by Gasteiger charge is -2.35. The van der Waals surface area contributed by atoms with Gasteiger partial charge in [-0.3, -0.25) is 14.4 Å². The summed E-state index contributed by atoms with van der Waals surface area (Å²) in [7, 11) is -4.11. The molecule has 0 unspecified atom stereocenters. The molecule has 0 radical (unpaired) electrons. The number of aromatic nitrogens is 1. The van der Waals surface area contributed by atoms with E-state index in [1.807, 2.05) is 16.7 Å². The minimum absolute atomic E-state index is 0.0173. The van der Waals surface area contributed by atoms with Crippen molar-refractivity contribution in [3.63, 3.8) is 0 Å². The number of carbonyl (C=O) groups is 2. The second-order valence-electron chi connectivity index (χ2n) is 9.19. The number of anilines is 2.